The van der Waals surface area contributed by atoms with E-state index in [4.69, 9.17) is 0 Å². The number of sulfonamides is 1. The number of pyridine rings is 1. The van der Waals surface area contributed by atoms with Gasteiger partial charge in [0.2, 0.25) is 0 Å². The number of hydrazone groups is 1. The van der Waals surface area contributed by atoms with Gasteiger partial charge in [-0.25, -0.2) is 23.1 Å². The quantitative estimate of drug-likeness (QED) is 0.481. The van der Waals surface area contributed by atoms with Crippen LogP contribution in [-0.4, -0.2) is 32.1 Å². The molecule has 1 amide bonds. The summed E-state index contributed by atoms with van der Waals surface area (Å²) in [7, 11) is -3.97. The molecule has 3 aromatic rings. The lowest BCUT2D eigenvalue weighted by Gasteiger charge is -2.22. The molecule has 1 N–H and O–H groups in total. The molecule has 0 fully saturated rings. The van der Waals surface area contributed by atoms with Crippen LogP contribution in [0.4, 0.5) is 5.82 Å². The maximum Gasteiger partial charge on any atom is 0.265 e. The number of nitrogens with zero attached hydrogens (tertiary/aromatic N) is 3. The van der Waals surface area contributed by atoms with Gasteiger partial charge in [0.1, 0.15) is 12.4 Å². The molecule has 0 bridgehead atoms. The smallest absolute Gasteiger partial charge is 0.265 e. The van der Waals surface area contributed by atoms with E-state index >= 15 is 0 Å². The van der Waals surface area contributed by atoms with Crippen molar-refractivity contribution in [2.45, 2.75) is 11.8 Å². The lowest BCUT2D eigenvalue weighted by molar-refractivity contribution is -0.119. The summed E-state index contributed by atoms with van der Waals surface area (Å²) >= 11 is 0. The fourth-order valence-electron chi connectivity index (χ4n) is 2.61. The van der Waals surface area contributed by atoms with Crippen LogP contribution in [0.2, 0.25) is 0 Å². The van der Waals surface area contributed by atoms with Gasteiger partial charge < -0.3 is 0 Å². The van der Waals surface area contributed by atoms with Crippen molar-refractivity contribution in [3.63, 3.8) is 0 Å². The molecule has 0 aliphatic rings. The molecule has 0 saturated carbocycles. The van der Waals surface area contributed by atoms with E-state index < -0.39 is 22.5 Å². The van der Waals surface area contributed by atoms with Crippen LogP contribution in [0.25, 0.3) is 0 Å². The lowest BCUT2D eigenvalue weighted by Crippen LogP contribution is -2.40. The molecule has 1 heterocycles. The number of aromatic nitrogens is 1. The van der Waals surface area contributed by atoms with Gasteiger partial charge in [-0.3, -0.25) is 4.79 Å². The maximum atomic E-state index is 13.1. The van der Waals surface area contributed by atoms with Gasteiger partial charge in [-0.15, -0.1) is 0 Å². The van der Waals surface area contributed by atoms with Gasteiger partial charge in [0.15, 0.2) is 0 Å². The molecule has 0 aliphatic heterocycles. The summed E-state index contributed by atoms with van der Waals surface area (Å²) in [6, 6.07) is 20.4. The Morgan fingerprint density at radius 1 is 1.07 bits per heavy atom. The highest BCUT2D eigenvalue weighted by Crippen LogP contribution is 2.21. The van der Waals surface area contributed by atoms with E-state index in [1.807, 2.05) is 31.2 Å². The topological polar surface area (TPSA) is 91.7 Å². The van der Waals surface area contributed by atoms with Crippen LogP contribution >= 0.6 is 0 Å². The summed E-state index contributed by atoms with van der Waals surface area (Å²) in [5.74, 6) is -0.437. The van der Waals surface area contributed by atoms with Gasteiger partial charge in [-0.2, -0.15) is 5.10 Å². The number of carbonyl (C=O) groups is 1. The minimum absolute atomic E-state index is 0.0710. The largest absolute Gasteiger partial charge is 0.271 e. The first-order chi connectivity index (χ1) is 14.0. The van der Waals surface area contributed by atoms with Gasteiger partial charge in [0.25, 0.3) is 15.9 Å². The standard InChI is InChI=1S/C21H20N4O3S/c1-17-8-7-9-18(14-17)15-23-24-21(26)16-25(20-12-5-6-13-22-20)29(27,28)19-10-3-2-4-11-19/h2-15H,16H2,1H3,(H,24,26)/b23-15-. The number of hydrogen-bond donors (Lipinski definition) is 1. The molecule has 1 aromatic heterocycles. The van der Waals surface area contributed by atoms with Crippen LogP contribution in [0.3, 0.4) is 0 Å². The van der Waals surface area contributed by atoms with Gasteiger partial charge in [-0.1, -0.05) is 54.1 Å². The van der Waals surface area contributed by atoms with Gasteiger partial charge >= 0.3 is 0 Å². The van der Waals surface area contributed by atoms with Crippen LogP contribution in [0.5, 0.6) is 0 Å². The molecule has 0 unspecified atom stereocenters. The van der Waals surface area contributed by atoms with E-state index in [1.54, 1.807) is 30.3 Å². The Morgan fingerprint density at radius 3 is 2.52 bits per heavy atom. The fraction of sp³-hybridized carbons (Fsp3) is 0.0952. The fourth-order valence-corrected chi connectivity index (χ4v) is 4.00. The Labute approximate surface area is 169 Å². The highest BCUT2D eigenvalue weighted by molar-refractivity contribution is 7.92. The molecule has 3 rings (SSSR count). The molecule has 148 valence electrons. The number of hydrogen-bond acceptors (Lipinski definition) is 5. The number of rotatable bonds is 7. The molecule has 0 spiro atoms. The van der Waals surface area contributed by atoms with Crippen molar-refractivity contribution >= 4 is 28.0 Å². The molecule has 2 aromatic carbocycles. The zero-order chi connectivity index (χ0) is 20.7. The van der Waals surface area contributed by atoms with E-state index in [2.05, 4.69) is 15.5 Å². The number of nitrogens with one attached hydrogen (secondary N) is 1. The SMILES string of the molecule is Cc1cccc(/C=N\NC(=O)CN(c2ccccn2)S(=O)(=O)c2ccccc2)c1. The minimum atomic E-state index is -3.97. The first kappa shape index (κ1) is 20.2. The summed E-state index contributed by atoms with van der Waals surface area (Å²) in [6.07, 6.45) is 2.97. The zero-order valence-corrected chi connectivity index (χ0v) is 16.6. The molecular weight excluding hydrogens is 388 g/mol. The normalized spacial score (nSPS) is 11.3. The van der Waals surface area contributed by atoms with E-state index in [1.165, 1.54) is 30.6 Å². The van der Waals surface area contributed by atoms with Crippen molar-refractivity contribution < 1.29 is 13.2 Å². The second-order valence-corrected chi connectivity index (χ2v) is 8.08. The molecule has 0 radical (unpaired) electrons. The predicted molar refractivity (Wildman–Crippen MR) is 112 cm³/mol. The summed E-state index contributed by atoms with van der Waals surface area (Å²) in [4.78, 5) is 16.6. The van der Waals surface area contributed by atoms with E-state index in [0.29, 0.717) is 0 Å². The van der Waals surface area contributed by atoms with Gasteiger partial charge in [0, 0.05) is 6.20 Å². The van der Waals surface area contributed by atoms with Crippen LogP contribution < -0.4 is 9.73 Å². The Morgan fingerprint density at radius 2 is 1.83 bits per heavy atom. The monoisotopic (exact) mass is 408 g/mol. The summed E-state index contributed by atoms with van der Waals surface area (Å²) < 4.78 is 27.1. The highest BCUT2D eigenvalue weighted by Gasteiger charge is 2.27. The minimum Gasteiger partial charge on any atom is -0.271 e. The molecular formula is C21H20N4O3S. The van der Waals surface area contributed by atoms with Crippen LogP contribution in [-0.2, 0) is 14.8 Å². The Kier molecular flexibility index (Phi) is 6.36. The Hall–Kier alpha value is -3.52. The number of benzene rings is 2. The third kappa shape index (κ3) is 5.26. The Balaban J connectivity index is 1.79. The summed E-state index contributed by atoms with van der Waals surface area (Å²) in [5, 5.41) is 3.92. The third-order valence-corrected chi connectivity index (χ3v) is 5.73. The molecule has 8 heteroatoms. The lowest BCUT2D eigenvalue weighted by atomic mass is 10.2. The van der Waals surface area contributed by atoms with Crippen LogP contribution in [0, 0.1) is 6.92 Å². The van der Waals surface area contributed by atoms with Crippen molar-refractivity contribution in [3.05, 3.63) is 90.1 Å². The molecule has 0 atom stereocenters. The second-order valence-electron chi connectivity index (χ2n) is 6.22. The summed E-state index contributed by atoms with van der Waals surface area (Å²) in [5.41, 5.74) is 4.26. The van der Waals surface area contributed by atoms with E-state index in [-0.39, 0.29) is 10.7 Å². The second kappa shape index (κ2) is 9.11. The van der Waals surface area contributed by atoms with Crippen molar-refractivity contribution in [3.8, 4) is 0 Å². The number of anilines is 1. The van der Waals surface area contributed by atoms with Crippen molar-refractivity contribution in [1.82, 2.24) is 10.4 Å². The number of aryl methyl sites for hydroxylation is 1. The molecule has 0 aliphatic carbocycles. The van der Waals surface area contributed by atoms with Gasteiger partial charge in [0.05, 0.1) is 11.1 Å². The van der Waals surface area contributed by atoms with Crippen molar-refractivity contribution in [2.75, 3.05) is 10.8 Å². The van der Waals surface area contributed by atoms with E-state index in [0.717, 1.165) is 15.4 Å². The van der Waals surface area contributed by atoms with Crippen molar-refractivity contribution in [2.24, 2.45) is 5.10 Å². The molecule has 0 saturated heterocycles. The van der Waals surface area contributed by atoms with E-state index in [9.17, 15) is 13.2 Å². The van der Waals surface area contributed by atoms with Crippen molar-refractivity contribution in [1.29, 1.82) is 0 Å². The predicted octanol–water partition coefficient (Wildman–Crippen LogP) is 2.74. The average molecular weight is 408 g/mol. The number of carbonyl (C=O) groups excluding carboxylic acids is 1. The number of amides is 1. The Bertz CT molecular complexity index is 1100. The average Bonchev–Trinajstić information content (AvgIpc) is 2.73. The van der Waals surface area contributed by atoms with Crippen LogP contribution in [0.1, 0.15) is 11.1 Å². The molecule has 29 heavy (non-hydrogen) atoms. The molecule has 7 nitrogen and oxygen atoms in total. The van der Waals surface area contributed by atoms with Crippen LogP contribution in [0.15, 0.2) is 89.0 Å². The van der Waals surface area contributed by atoms with Gasteiger partial charge in [-0.05, 0) is 36.8 Å². The first-order valence-electron chi connectivity index (χ1n) is 8.84. The zero-order valence-electron chi connectivity index (χ0n) is 15.8. The summed E-state index contributed by atoms with van der Waals surface area (Å²) in [6.45, 7) is 1.49. The third-order valence-electron chi connectivity index (χ3n) is 3.97. The first-order valence-corrected chi connectivity index (χ1v) is 10.3. The highest BCUT2D eigenvalue weighted by atomic mass is 32.2. The maximum absolute atomic E-state index is 13.1.